The van der Waals surface area contributed by atoms with Crippen molar-refractivity contribution in [1.82, 2.24) is 0 Å². The third-order valence-corrected chi connectivity index (χ3v) is 20.9. The van der Waals surface area contributed by atoms with Crippen LogP contribution in [0, 0.1) is 52.4 Å². The Labute approximate surface area is 446 Å². The van der Waals surface area contributed by atoms with E-state index >= 15 is 0 Å². The molecule has 3 unspecified atom stereocenters. The molecule has 0 aromatic heterocycles. The van der Waals surface area contributed by atoms with Crippen LogP contribution >= 0.6 is 0 Å². The van der Waals surface area contributed by atoms with Crippen LogP contribution in [-0.2, 0) is 32.5 Å². The molecule has 0 aliphatic heterocycles. The molecule has 0 bridgehead atoms. The van der Waals surface area contributed by atoms with E-state index in [1.54, 1.807) is 55.5 Å². The Morgan fingerprint density at radius 2 is 1.09 bits per heavy atom. The van der Waals surface area contributed by atoms with Gasteiger partial charge in [0.1, 0.15) is 0 Å². The highest BCUT2D eigenvalue weighted by Crippen LogP contribution is 2.66. The molecule has 0 heterocycles. The number of hydrogen-bond acceptors (Lipinski definition) is 0. The van der Waals surface area contributed by atoms with E-state index in [1.165, 1.54) is 100 Å². The third-order valence-electron chi connectivity index (χ3n) is 20.9. The minimum absolute atomic E-state index is 0.0314. The predicted octanol–water partition coefficient (Wildman–Crippen LogP) is 20.0. The Kier molecular flexibility index (Phi) is 10.3. The standard InChI is InChI=1S/C26H32.2C24H26/c1-14(2)10-18-22-17(5)16(4)13-21-24(22)23-19(25(18,6)7)11-15(3)12-20(23)26(21,8)9;2*1-13-10-17-21-18(11-13)24(5,6)19-12-14(2)15-8-7-9-16(23(17,3)4)20(15)22(19)21/h10-14H,1-9H3;7-9,11-13H,10H2,1-6H3;7-12,17,21H,1-6H3/b18-10+;;. The van der Waals surface area contributed by atoms with Crippen molar-refractivity contribution in [3.8, 4) is 11.1 Å². The molecule has 380 valence electrons. The summed E-state index contributed by atoms with van der Waals surface area (Å²) in [5, 5.41) is 5.99. The fourth-order valence-corrected chi connectivity index (χ4v) is 16.8. The van der Waals surface area contributed by atoms with E-state index in [0.717, 1.165) is 0 Å². The van der Waals surface area contributed by atoms with E-state index in [-0.39, 0.29) is 32.5 Å². The lowest BCUT2D eigenvalue weighted by molar-refractivity contribution is 0.333. The average molecular weight is 973 g/mol. The first-order valence-electron chi connectivity index (χ1n) is 28.5. The number of rotatable bonds is 1. The average Bonchev–Trinajstić information content (AvgIpc) is 3.78. The van der Waals surface area contributed by atoms with Crippen LogP contribution < -0.4 is 0 Å². The molecule has 0 saturated carbocycles. The second kappa shape index (κ2) is 15.4. The molecule has 0 heteroatoms. The summed E-state index contributed by atoms with van der Waals surface area (Å²) in [6.07, 6.45) is 11.3. The van der Waals surface area contributed by atoms with E-state index in [1.807, 2.05) is 0 Å². The molecule has 14 rings (SSSR count). The topological polar surface area (TPSA) is 0 Å². The maximum atomic E-state index is 2.56. The minimum Gasteiger partial charge on any atom is -0.0772 e. The quantitative estimate of drug-likeness (QED) is 0.154. The van der Waals surface area contributed by atoms with Gasteiger partial charge in [0.2, 0.25) is 0 Å². The molecule has 0 N–H and O–H groups in total. The fourth-order valence-electron chi connectivity index (χ4n) is 16.8. The van der Waals surface area contributed by atoms with Crippen molar-refractivity contribution in [2.45, 2.75) is 190 Å². The minimum atomic E-state index is 0.0314. The summed E-state index contributed by atoms with van der Waals surface area (Å²) < 4.78 is 0. The van der Waals surface area contributed by atoms with Crippen molar-refractivity contribution >= 4 is 32.7 Å². The molecular formula is C74H84. The van der Waals surface area contributed by atoms with E-state index in [4.69, 9.17) is 0 Å². The zero-order valence-corrected chi connectivity index (χ0v) is 49.2. The second-order valence-electron chi connectivity index (χ2n) is 28.4. The van der Waals surface area contributed by atoms with Gasteiger partial charge in [-0.15, -0.1) is 0 Å². The fraction of sp³-hybridized carbons (Fsp3) is 0.432. The second-order valence-corrected chi connectivity index (χ2v) is 28.4. The van der Waals surface area contributed by atoms with Crippen molar-refractivity contribution in [1.29, 1.82) is 0 Å². The van der Waals surface area contributed by atoms with Crippen molar-refractivity contribution in [3.63, 3.8) is 0 Å². The summed E-state index contributed by atoms with van der Waals surface area (Å²) in [5.74, 6) is 2.30. The summed E-state index contributed by atoms with van der Waals surface area (Å²) in [4.78, 5) is 0. The van der Waals surface area contributed by atoms with Crippen LogP contribution in [0.3, 0.4) is 0 Å². The molecule has 74 heavy (non-hydrogen) atoms. The van der Waals surface area contributed by atoms with Gasteiger partial charge in [0, 0.05) is 33.0 Å². The van der Waals surface area contributed by atoms with Crippen LogP contribution in [0.4, 0.5) is 0 Å². The molecule has 0 saturated heterocycles. The van der Waals surface area contributed by atoms with Gasteiger partial charge >= 0.3 is 0 Å². The van der Waals surface area contributed by atoms with Crippen LogP contribution in [0.25, 0.3) is 43.8 Å². The van der Waals surface area contributed by atoms with Gasteiger partial charge < -0.3 is 0 Å². The molecule has 0 spiro atoms. The zero-order chi connectivity index (χ0) is 53.2. The van der Waals surface area contributed by atoms with Gasteiger partial charge in [0.25, 0.3) is 0 Å². The summed E-state index contributed by atoms with van der Waals surface area (Å²) >= 11 is 0. The largest absolute Gasteiger partial charge is 0.0772 e. The van der Waals surface area contributed by atoms with E-state index in [9.17, 15) is 0 Å². The first-order chi connectivity index (χ1) is 34.5. The van der Waals surface area contributed by atoms with Gasteiger partial charge in [-0.1, -0.05) is 217 Å². The Hall–Kier alpha value is -5.46. The van der Waals surface area contributed by atoms with E-state index < -0.39 is 0 Å². The Morgan fingerprint density at radius 3 is 1.74 bits per heavy atom. The van der Waals surface area contributed by atoms with Gasteiger partial charge in [-0.25, -0.2) is 0 Å². The molecule has 0 amide bonds. The molecule has 0 nitrogen and oxygen atoms in total. The highest BCUT2D eigenvalue weighted by molar-refractivity contribution is 6.10. The van der Waals surface area contributed by atoms with E-state index in [2.05, 4.69) is 236 Å². The van der Waals surface area contributed by atoms with Crippen molar-refractivity contribution in [2.24, 2.45) is 17.8 Å². The Balaban J connectivity index is 0.000000113. The highest BCUT2D eigenvalue weighted by atomic mass is 14.6. The van der Waals surface area contributed by atoms with Gasteiger partial charge in [-0.3, -0.25) is 0 Å². The molecule has 8 aliphatic rings. The number of hydrogen-bond donors (Lipinski definition) is 0. The van der Waals surface area contributed by atoms with Crippen LogP contribution in [-0.4, -0.2) is 0 Å². The Bertz CT molecular complexity index is 3730. The van der Waals surface area contributed by atoms with Crippen molar-refractivity contribution in [3.05, 3.63) is 197 Å². The molecule has 0 fully saturated rings. The van der Waals surface area contributed by atoms with Crippen LogP contribution in [0.5, 0.6) is 0 Å². The van der Waals surface area contributed by atoms with Crippen LogP contribution in [0.1, 0.15) is 207 Å². The van der Waals surface area contributed by atoms with Gasteiger partial charge in [-0.2, -0.15) is 0 Å². The number of benzene rings is 6. The summed E-state index contributed by atoms with van der Waals surface area (Å²) in [5.41, 5.74) is 35.7. The van der Waals surface area contributed by atoms with Crippen molar-refractivity contribution in [2.75, 3.05) is 0 Å². The van der Waals surface area contributed by atoms with Gasteiger partial charge in [-0.05, 0) is 198 Å². The maximum absolute atomic E-state index is 2.56. The van der Waals surface area contributed by atoms with E-state index in [0.29, 0.717) is 23.7 Å². The van der Waals surface area contributed by atoms with Crippen LogP contribution in [0.2, 0.25) is 0 Å². The lowest BCUT2D eigenvalue weighted by atomic mass is 9.58. The summed E-state index contributed by atoms with van der Waals surface area (Å²) in [6.45, 7) is 49.8. The summed E-state index contributed by atoms with van der Waals surface area (Å²) in [7, 11) is 0. The monoisotopic (exact) mass is 973 g/mol. The molecular weight excluding hydrogens is 889 g/mol. The predicted molar refractivity (Wildman–Crippen MR) is 320 cm³/mol. The molecule has 3 atom stereocenters. The highest BCUT2D eigenvalue weighted by Gasteiger charge is 2.54. The first kappa shape index (κ1) is 49.4. The molecule has 0 radical (unpaired) electrons. The summed E-state index contributed by atoms with van der Waals surface area (Å²) in [6, 6.07) is 26.2. The van der Waals surface area contributed by atoms with Crippen LogP contribution in [0.15, 0.2) is 113 Å². The maximum Gasteiger partial charge on any atom is 0.0159 e. The molecule has 6 aromatic rings. The molecule has 6 aromatic carbocycles. The SMILES string of the molecule is CC1=CC2C3C(=C1)C(C)(C)c1cc(C)c4cccc(c4c13)C2(C)C.Cc1cc2c3c(c1)C(C)(C)c1cc(C)c(C)c(c1-3)/C(=C\C(C)C)C2(C)C.Cc1cc2c3c4c(cccc14)C(C)(C)C1=C3C(=CC(C)C1)C2(C)C. The van der Waals surface area contributed by atoms with Gasteiger partial charge in [0.05, 0.1) is 0 Å². The third kappa shape index (κ3) is 6.21. The smallest absolute Gasteiger partial charge is 0.0159 e. The lowest BCUT2D eigenvalue weighted by Crippen LogP contribution is -2.37. The molecule has 8 aliphatic carbocycles. The lowest BCUT2D eigenvalue weighted by Gasteiger charge is -2.45. The first-order valence-corrected chi connectivity index (χ1v) is 28.5. The van der Waals surface area contributed by atoms with Gasteiger partial charge in [0.15, 0.2) is 0 Å². The Morgan fingerprint density at radius 1 is 0.527 bits per heavy atom. The normalized spacial score (nSPS) is 24.3. The number of allylic oxidation sites excluding steroid dienone is 10. The van der Waals surface area contributed by atoms with Crippen molar-refractivity contribution < 1.29 is 0 Å². The number of aryl methyl sites for hydroxylation is 4. The zero-order valence-electron chi connectivity index (χ0n) is 49.2.